The van der Waals surface area contributed by atoms with Gasteiger partial charge in [-0.15, -0.1) is 0 Å². The molecule has 1 unspecified atom stereocenters. The van der Waals surface area contributed by atoms with Crippen molar-refractivity contribution in [2.24, 2.45) is 5.92 Å². The Morgan fingerprint density at radius 2 is 1.95 bits per heavy atom. The molecule has 1 aliphatic rings. The molecule has 2 atom stereocenters. The third-order valence-corrected chi connectivity index (χ3v) is 7.14. The van der Waals surface area contributed by atoms with E-state index in [1.54, 1.807) is 6.07 Å². The van der Waals surface area contributed by atoms with Crippen LogP contribution in [-0.2, 0) is 6.61 Å². The number of aromatic nitrogens is 2. The van der Waals surface area contributed by atoms with Gasteiger partial charge < -0.3 is 15.4 Å². The summed E-state index contributed by atoms with van der Waals surface area (Å²) in [5.41, 5.74) is 5.51. The Morgan fingerprint density at radius 1 is 1.11 bits per heavy atom. The average molecular weight is 512 g/mol. The van der Waals surface area contributed by atoms with Gasteiger partial charge >= 0.3 is 0 Å². The lowest BCUT2D eigenvalue weighted by Gasteiger charge is -2.26. The molecule has 5 nitrogen and oxygen atoms in total. The monoisotopic (exact) mass is 511 g/mol. The van der Waals surface area contributed by atoms with Gasteiger partial charge in [0.2, 0.25) is 0 Å². The van der Waals surface area contributed by atoms with Crippen molar-refractivity contribution in [3.05, 3.63) is 101 Å². The second-order valence-electron chi connectivity index (χ2n) is 9.40. The van der Waals surface area contributed by atoms with Crippen molar-refractivity contribution in [2.75, 3.05) is 0 Å². The van der Waals surface area contributed by atoms with Gasteiger partial charge in [0.1, 0.15) is 5.82 Å². The number of hydrogen-bond donors (Lipinski definition) is 3. The summed E-state index contributed by atoms with van der Waals surface area (Å²) in [6.07, 6.45) is 11.2. The number of amides is 1. The van der Waals surface area contributed by atoms with Gasteiger partial charge in [0, 0.05) is 28.1 Å². The first kappa shape index (κ1) is 25.0. The third-order valence-electron chi connectivity index (χ3n) is 6.90. The largest absolute Gasteiger partial charge is 0.392 e. The smallest absolute Gasteiger partial charge is 0.251 e. The van der Waals surface area contributed by atoms with E-state index in [-0.39, 0.29) is 24.5 Å². The lowest BCUT2D eigenvalue weighted by atomic mass is 9.89. The summed E-state index contributed by atoms with van der Waals surface area (Å²) in [5.74, 6) is 0.866. The van der Waals surface area contributed by atoms with Crippen LogP contribution in [0.25, 0.3) is 33.5 Å². The lowest BCUT2D eigenvalue weighted by molar-refractivity contribution is 0.0924. The molecule has 0 saturated heterocycles. The van der Waals surface area contributed by atoms with Gasteiger partial charge in [-0.05, 0) is 72.0 Å². The van der Waals surface area contributed by atoms with Crippen molar-refractivity contribution in [2.45, 2.75) is 38.8 Å². The zero-order valence-corrected chi connectivity index (χ0v) is 21.5. The van der Waals surface area contributed by atoms with E-state index in [1.807, 2.05) is 66.7 Å². The number of carbonyl (C=O) groups excluding carboxylic acids is 1. The Hall–Kier alpha value is -3.67. The Labute approximate surface area is 221 Å². The highest BCUT2D eigenvalue weighted by molar-refractivity contribution is 6.31. The van der Waals surface area contributed by atoms with Crippen LogP contribution in [0.1, 0.15) is 42.1 Å². The number of halogens is 1. The molecule has 1 amide bonds. The van der Waals surface area contributed by atoms with Crippen molar-refractivity contribution in [1.82, 2.24) is 15.3 Å². The molecule has 0 aliphatic heterocycles. The number of nitrogens with one attached hydrogen (secondary N) is 2. The second kappa shape index (κ2) is 11.2. The number of nitrogens with zero attached hydrogens (tertiary/aromatic N) is 1. The zero-order chi connectivity index (χ0) is 25.8. The summed E-state index contributed by atoms with van der Waals surface area (Å²) in [4.78, 5) is 21.4. The number of benzene rings is 3. The molecular formula is C31H30ClN3O2. The number of aromatic amines is 1. The molecule has 37 heavy (non-hydrogen) atoms. The number of carbonyl (C=O) groups is 1. The van der Waals surface area contributed by atoms with Crippen molar-refractivity contribution in [3.8, 4) is 22.5 Å². The maximum atomic E-state index is 13.3. The highest BCUT2D eigenvalue weighted by Gasteiger charge is 2.22. The quantitative estimate of drug-likeness (QED) is 0.236. The SMILES string of the molecule is CCC[C@@H](NC(=O)c1ccc(-c2cc(Cl)ccc2-c2nc3ccccc3[nH]2)c(CO)c1)C1C=CC=CC1. The van der Waals surface area contributed by atoms with Crippen molar-refractivity contribution in [1.29, 1.82) is 0 Å². The van der Waals surface area contributed by atoms with Gasteiger partial charge in [-0.3, -0.25) is 4.79 Å². The number of aliphatic hydroxyl groups is 1. The summed E-state index contributed by atoms with van der Waals surface area (Å²) in [7, 11) is 0. The van der Waals surface area contributed by atoms with Gasteiger partial charge in [-0.2, -0.15) is 0 Å². The summed E-state index contributed by atoms with van der Waals surface area (Å²) in [6.45, 7) is 1.92. The number of allylic oxidation sites excluding steroid dienone is 3. The fraction of sp³-hybridized carbons (Fsp3) is 0.226. The molecule has 3 aromatic carbocycles. The van der Waals surface area contributed by atoms with Crippen LogP contribution in [0, 0.1) is 5.92 Å². The fourth-order valence-corrected chi connectivity index (χ4v) is 5.18. The van der Waals surface area contributed by atoms with Gasteiger partial charge in [-0.25, -0.2) is 4.98 Å². The molecule has 1 aliphatic carbocycles. The molecule has 5 rings (SSSR count). The topological polar surface area (TPSA) is 78.0 Å². The van der Waals surface area contributed by atoms with Crippen LogP contribution in [0.5, 0.6) is 0 Å². The summed E-state index contributed by atoms with van der Waals surface area (Å²) < 4.78 is 0. The average Bonchev–Trinajstić information content (AvgIpc) is 3.37. The van der Waals surface area contributed by atoms with Crippen LogP contribution in [-0.4, -0.2) is 27.0 Å². The van der Waals surface area contributed by atoms with Gasteiger partial charge in [0.05, 0.1) is 17.6 Å². The number of fused-ring (bicyclic) bond motifs is 1. The summed E-state index contributed by atoms with van der Waals surface area (Å²) in [5, 5.41) is 14.1. The van der Waals surface area contributed by atoms with E-state index in [9.17, 15) is 9.90 Å². The van der Waals surface area contributed by atoms with Crippen molar-refractivity contribution < 1.29 is 9.90 Å². The lowest BCUT2D eigenvalue weighted by Crippen LogP contribution is -2.40. The van der Waals surface area contributed by atoms with Crippen molar-refractivity contribution >= 4 is 28.5 Å². The molecule has 0 fully saturated rings. The Bertz CT molecular complexity index is 1450. The number of imidazole rings is 1. The van der Waals surface area contributed by atoms with Crippen LogP contribution >= 0.6 is 11.6 Å². The zero-order valence-electron chi connectivity index (χ0n) is 20.7. The van der Waals surface area contributed by atoms with Crippen LogP contribution in [0.3, 0.4) is 0 Å². The van der Waals surface area contributed by atoms with Crippen LogP contribution in [0.2, 0.25) is 5.02 Å². The predicted molar refractivity (Wildman–Crippen MR) is 150 cm³/mol. The minimum atomic E-state index is -0.211. The number of para-hydroxylation sites is 2. The van der Waals surface area contributed by atoms with E-state index in [4.69, 9.17) is 16.6 Å². The van der Waals surface area contributed by atoms with Crippen LogP contribution < -0.4 is 5.32 Å². The molecule has 1 aromatic heterocycles. The van der Waals surface area contributed by atoms with Gasteiger partial charge in [0.15, 0.2) is 0 Å². The van der Waals surface area contributed by atoms with Crippen molar-refractivity contribution in [3.63, 3.8) is 0 Å². The molecule has 3 N–H and O–H groups in total. The van der Waals surface area contributed by atoms with E-state index >= 15 is 0 Å². The number of H-pyrrole nitrogens is 1. The van der Waals surface area contributed by atoms with Gasteiger partial charge in [0.25, 0.3) is 5.91 Å². The van der Waals surface area contributed by atoms with E-state index < -0.39 is 0 Å². The first-order valence-corrected chi connectivity index (χ1v) is 13.1. The second-order valence-corrected chi connectivity index (χ2v) is 9.84. The van der Waals surface area contributed by atoms with E-state index in [0.29, 0.717) is 16.1 Å². The Kier molecular flexibility index (Phi) is 7.54. The minimum absolute atomic E-state index is 0.0589. The maximum Gasteiger partial charge on any atom is 0.251 e. The molecule has 0 radical (unpaired) electrons. The minimum Gasteiger partial charge on any atom is -0.392 e. The standard InChI is InChI=1S/C31H30ClN3O2/c1-2-8-27(20-9-4-3-5-10-20)35-31(37)21-13-15-24(22(17-21)19-36)26-18-23(32)14-16-25(26)30-33-28-11-6-7-12-29(28)34-30/h3-7,9,11-18,20,27,36H,2,8,10,19H2,1H3,(H,33,34)(H,35,37)/t20?,27-/m1/s1. The van der Waals surface area contributed by atoms with E-state index in [0.717, 1.165) is 52.8 Å². The highest BCUT2D eigenvalue weighted by Crippen LogP contribution is 2.36. The summed E-state index contributed by atoms with van der Waals surface area (Å²) >= 11 is 6.40. The molecule has 4 aromatic rings. The number of hydrogen-bond acceptors (Lipinski definition) is 3. The number of rotatable bonds is 8. The van der Waals surface area contributed by atoms with Crippen LogP contribution in [0.4, 0.5) is 0 Å². The molecule has 1 heterocycles. The number of aliphatic hydroxyl groups excluding tert-OH is 1. The van der Waals surface area contributed by atoms with E-state index in [1.165, 1.54) is 0 Å². The van der Waals surface area contributed by atoms with Gasteiger partial charge in [-0.1, -0.05) is 67.4 Å². The first-order chi connectivity index (χ1) is 18.1. The third kappa shape index (κ3) is 5.38. The Morgan fingerprint density at radius 3 is 2.70 bits per heavy atom. The van der Waals surface area contributed by atoms with E-state index in [2.05, 4.69) is 29.4 Å². The Balaban J connectivity index is 1.48. The normalized spacial score (nSPS) is 15.7. The highest BCUT2D eigenvalue weighted by atomic mass is 35.5. The van der Waals surface area contributed by atoms with Crippen LogP contribution in [0.15, 0.2) is 85.0 Å². The maximum absolute atomic E-state index is 13.3. The predicted octanol–water partition coefficient (Wildman–Crippen LogP) is 7.07. The fourth-order valence-electron chi connectivity index (χ4n) is 5.01. The molecule has 0 saturated carbocycles. The molecule has 6 heteroatoms. The molecule has 0 bridgehead atoms. The summed E-state index contributed by atoms with van der Waals surface area (Å²) in [6, 6.07) is 19.0. The first-order valence-electron chi connectivity index (χ1n) is 12.7. The molecule has 0 spiro atoms. The molecule has 188 valence electrons. The molecular weight excluding hydrogens is 482 g/mol.